The molecule has 0 amide bonds. The average molecular weight is 185 g/mol. The van der Waals surface area contributed by atoms with Crippen molar-refractivity contribution in [3.8, 4) is 0 Å². The highest BCUT2D eigenvalue weighted by atomic mass is 16.5. The van der Waals surface area contributed by atoms with E-state index in [4.69, 9.17) is 4.74 Å². The molecule has 1 saturated heterocycles. The molecule has 0 aromatic carbocycles. The van der Waals surface area contributed by atoms with E-state index in [1.165, 1.54) is 5.70 Å². The van der Waals surface area contributed by atoms with Gasteiger partial charge in [-0.2, -0.15) is 0 Å². The zero-order valence-electron chi connectivity index (χ0n) is 7.76. The van der Waals surface area contributed by atoms with Gasteiger partial charge >= 0.3 is 0 Å². The molecule has 1 atom stereocenters. The van der Waals surface area contributed by atoms with E-state index in [0.29, 0.717) is 0 Å². The Morgan fingerprint density at radius 1 is 1.14 bits per heavy atom. The van der Waals surface area contributed by atoms with E-state index in [0.717, 1.165) is 12.4 Å². The lowest BCUT2D eigenvalue weighted by molar-refractivity contribution is 0.196. The molecule has 2 heterocycles. The summed E-state index contributed by atoms with van der Waals surface area (Å²) in [5, 5.41) is 0. The Morgan fingerprint density at radius 3 is 3.14 bits per heavy atom. The van der Waals surface area contributed by atoms with Crippen LogP contribution in [-0.2, 0) is 4.74 Å². The van der Waals surface area contributed by atoms with Gasteiger partial charge < -0.3 is 9.64 Å². The molecule has 70 valence electrons. The number of allylic oxidation sites excluding steroid dienone is 6. The summed E-state index contributed by atoms with van der Waals surface area (Å²) in [5.74, 6) is 0.962. The minimum absolute atomic E-state index is 0.0937. The molecule has 0 radical (unpaired) electrons. The first-order valence-corrected chi connectivity index (χ1v) is 4.81. The fraction of sp³-hybridized carbons (Fsp3) is 0.167. The second-order valence-corrected chi connectivity index (χ2v) is 3.44. The van der Waals surface area contributed by atoms with E-state index in [2.05, 4.69) is 29.2 Å². The first-order valence-electron chi connectivity index (χ1n) is 4.81. The Balaban J connectivity index is 2.03. The van der Waals surface area contributed by atoms with Gasteiger partial charge in [0.05, 0.1) is 5.70 Å². The molecule has 3 aliphatic rings. The van der Waals surface area contributed by atoms with Crippen LogP contribution in [0.25, 0.3) is 0 Å². The standard InChI is InChI=1S/C12H11NO/c1-2-6-10-11(7-3-1)14-12-8-4-5-9-13(10)12/h1-8,11H,9H2. The van der Waals surface area contributed by atoms with E-state index in [1.807, 2.05) is 24.3 Å². The maximum atomic E-state index is 5.79. The summed E-state index contributed by atoms with van der Waals surface area (Å²) in [4.78, 5) is 2.20. The zero-order valence-corrected chi connectivity index (χ0v) is 7.76. The van der Waals surface area contributed by atoms with Crippen molar-refractivity contribution in [2.45, 2.75) is 6.10 Å². The third-order valence-electron chi connectivity index (χ3n) is 2.55. The number of ether oxygens (including phenoxy) is 1. The quantitative estimate of drug-likeness (QED) is 0.573. The maximum Gasteiger partial charge on any atom is 0.195 e. The molecule has 0 saturated carbocycles. The third kappa shape index (κ3) is 1.04. The van der Waals surface area contributed by atoms with Gasteiger partial charge in [0.2, 0.25) is 0 Å². The molecule has 0 N–H and O–H groups in total. The fourth-order valence-corrected chi connectivity index (χ4v) is 1.88. The van der Waals surface area contributed by atoms with Crippen LogP contribution in [-0.4, -0.2) is 17.5 Å². The molecular formula is C12H11NO. The van der Waals surface area contributed by atoms with E-state index < -0.39 is 0 Å². The molecule has 2 nitrogen and oxygen atoms in total. The molecule has 1 aliphatic carbocycles. The van der Waals surface area contributed by atoms with Crippen molar-refractivity contribution in [2.24, 2.45) is 0 Å². The summed E-state index contributed by atoms with van der Waals surface area (Å²) in [6.45, 7) is 0.913. The Labute approximate surface area is 83.2 Å². The molecule has 1 fully saturated rings. The summed E-state index contributed by atoms with van der Waals surface area (Å²) in [5.41, 5.74) is 1.23. The van der Waals surface area contributed by atoms with Gasteiger partial charge in [0.1, 0.15) is 0 Å². The lowest BCUT2D eigenvalue weighted by atomic mass is 10.2. The molecule has 0 spiro atoms. The normalized spacial score (nSPS) is 27.4. The molecule has 0 aromatic heterocycles. The summed E-state index contributed by atoms with van der Waals surface area (Å²) in [6, 6.07) is 0. The predicted molar refractivity (Wildman–Crippen MR) is 55.2 cm³/mol. The largest absolute Gasteiger partial charge is 0.465 e. The van der Waals surface area contributed by atoms with Crippen molar-refractivity contribution in [1.82, 2.24) is 4.90 Å². The van der Waals surface area contributed by atoms with Crippen LogP contribution >= 0.6 is 0 Å². The van der Waals surface area contributed by atoms with E-state index >= 15 is 0 Å². The molecule has 0 aromatic rings. The second-order valence-electron chi connectivity index (χ2n) is 3.44. The van der Waals surface area contributed by atoms with Crippen LogP contribution in [0.15, 0.2) is 60.2 Å². The van der Waals surface area contributed by atoms with Gasteiger partial charge in [-0.1, -0.05) is 30.4 Å². The monoisotopic (exact) mass is 185 g/mol. The Morgan fingerprint density at radius 2 is 2.14 bits per heavy atom. The first-order chi connectivity index (χ1) is 6.95. The minimum Gasteiger partial charge on any atom is -0.465 e. The smallest absolute Gasteiger partial charge is 0.195 e. The van der Waals surface area contributed by atoms with Gasteiger partial charge in [-0.05, 0) is 18.2 Å². The van der Waals surface area contributed by atoms with Crippen LogP contribution in [0.3, 0.4) is 0 Å². The number of nitrogens with zero attached hydrogens (tertiary/aromatic N) is 1. The lowest BCUT2D eigenvalue weighted by Gasteiger charge is -2.18. The second kappa shape index (κ2) is 2.91. The summed E-state index contributed by atoms with van der Waals surface area (Å²) in [6.07, 6.45) is 16.6. The highest BCUT2D eigenvalue weighted by molar-refractivity contribution is 5.35. The van der Waals surface area contributed by atoms with Crippen molar-refractivity contribution < 1.29 is 4.74 Å². The lowest BCUT2D eigenvalue weighted by Crippen LogP contribution is -2.19. The molecule has 2 aliphatic heterocycles. The number of hydrogen-bond acceptors (Lipinski definition) is 2. The predicted octanol–water partition coefficient (Wildman–Crippen LogP) is 2.11. The van der Waals surface area contributed by atoms with E-state index in [9.17, 15) is 0 Å². The third-order valence-corrected chi connectivity index (χ3v) is 2.55. The molecule has 0 bridgehead atoms. The Kier molecular flexibility index (Phi) is 1.60. The zero-order chi connectivity index (χ0) is 9.38. The summed E-state index contributed by atoms with van der Waals surface area (Å²) >= 11 is 0. The minimum atomic E-state index is 0.0937. The van der Waals surface area contributed by atoms with Gasteiger partial charge in [-0.3, -0.25) is 0 Å². The van der Waals surface area contributed by atoms with Crippen molar-refractivity contribution >= 4 is 0 Å². The van der Waals surface area contributed by atoms with E-state index in [-0.39, 0.29) is 6.10 Å². The topological polar surface area (TPSA) is 12.5 Å². The average Bonchev–Trinajstić information content (AvgIpc) is 2.42. The summed E-state index contributed by atoms with van der Waals surface area (Å²) < 4.78 is 5.79. The number of fused-ring (bicyclic) bond motifs is 3. The van der Waals surface area contributed by atoms with Crippen LogP contribution in [0.2, 0.25) is 0 Å². The van der Waals surface area contributed by atoms with Crippen LogP contribution in [0, 0.1) is 0 Å². The molecule has 14 heavy (non-hydrogen) atoms. The Hall–Kier alpha value is -1.70. The Bertz CT molecular complexity index is 399. The van der Waals surface area contributed by atoms with E-state index in [1.54, 1.807) is 0 Å². The van der Waals surface area contributed by atoms with Gasteiger partial charge in [0, 0.05) is 6.54 Å². The SMILES string of the molecule is C1=CC=C2C(C=C1)OC1=CC=CCN12. The van der Waals surface area contributed by atoms with Crippen LogP contribution in [0.5, 0.6) is 0 Å². The molecule has 3 rings (SSSR count). The number of hydrogen-bond donors (Lipinski definition) is 0. The van der Waals surface area contributed by atoms with Crippen molar-refractivity contribution in [1.29, 1.82) is 0 Å². The van der Waals surface area contributed by atoms with Crippen LogP contribution in [0.1, 0.15) is 0 Å². The van der Waals surface area contributed by atoms with Crippen molar-refractivity contribution in [3.63, 3.8) is 0 Å². The van der Waals surface area contributed by atoms with Gasteiger partial charge in [-0.25, -0.2) is 0 Å². The highest BCUT2D eigenvalue weighted by Crippen LogP contribution is 2.32. The maximum absolute atomic E-state index is 5.79. The first kappa shape index (κ1) is 7.68. The van der Waals surface area contributed by atoms with Gasteiger partial charge in [-0.15, -0.1) is 0 Å². The molecular weight excluding hydrogens is 174 g/mol. The van der Waals surface area contributed by atoms with Gasteiger partial charge in [0.25, 0.3) is 0 Å². The fourth-order valence-electron chi connectivity index (χ4n) is 1.88. The van der Waals surface area contributed by atoms with Crippen LogP contribution < -0.4 is 0 Å². The molecule has 1 unspecified atom stereocenters. The van der Waals surface area contributed by atoms with Gasteiger partial charge in [0.15, 0.2) is 12.0 Å². The highest BCUT2D eigenvalue weighted by Gasteiger charge is 2.31. The van der Waals surface area contributed by atoms with Crippen LogP contribution in [0.4, 0.5) is 0 Å². The van der Waals surface area contributed by atoms with Crippen molar-refractivity contribution in [2.75, 3.05) is 6.54 Å². The number of rotatable bonds is 0. The summed E-state index contributed by atoms with van der Waals surface area (Å²) in [7, 11) is 0. The van der Waals surface area contributed by atoms with Crippen molar-refractivity contribution in [3.05, 3.63) is 60.2 Å². The molecule has 2 heteroatoms.